The van der Waals surface area contributed by atoms with Gasteiger partial charge in [0.2, 0.25) is 0 Å². The van der Waals surface area contributed by atoms with Gasteiger partial charge in [-0.3, -0.25) is 9.59 Å². The summed E-state index contributed by atoms with van der Waals surface area (Å²) in [5.74, 6) is 1.97. The molecule has 1 aromatic carbocycles. The van der Waals surface area contributed by atoms with Gasteiger partial charge in [-0.1, -0.05) is 17.5 Å². The van der Waals surface area contributed by atoms with Gasteiger partial charge >= 0.3 is 0 Å². The van der Waals surface area contributed by atoms with Gasteiger partial charge < -0.3 is 15.5 Å². The molecule has 0 aliphatic carbocycles. The SMILES string of the molecule is C#CCNC(=O)C[NH+](C)CC(=O)Nc1ccc(Cl)cc1. The predicted molar refractivity (Wildman–Crippen MR) is 78.5 cm³/mol. The third kappa shape index (κ3) is 6.23. The Balaban J connectivity index is 2.36. The van der Waals surface area contributed by atoms with Crippen LogP contribution in [-0.2, 0) is 9.59 Å². The summed E-state index contributed by atoms with van der Waals surface area (Å²) in [4.78, 5) is 24.0. The molecule has 6 heteroatoms. The third-order valence-electron chi connectivity index (χ3n) is 2.44. The molecule has 1 unspecified atom stereocenters. The number of hydrogen-bond donors (Lipinski definition) is 3. The summed E-state index contributed by atoms with van der Waals surface area (Å²) in [6.07, 6.45) is 5.04. The molecule has 106 valence electrons. The zero-order chi connectivity index (χ0) is 15.0. The second-order valence-corrected chi connectivity index (χ2v) is 4.78. The maximum absolute atomic E-state index is 11.8. The fraction of sp³-hybridized carbons (Fsp3) is 0.286. The normalized spacial score (nSPS) is 11.2. The highest BCUT2D eigenvalue weighted by atomic mass is 35.5. The van der Waals surface area contributed by atoms with Crippen LogP contribution in [0.1, 0.15) is 0 Å². The molecule has 1 atom stereocenters. The molecule has 0 heterocycles. The third-order valence-corrected chi connectivity index (χ3v) is 2.69. The van der Waals surface area contributed by atoms with Crippen LogP contribution in [0, 0.1) is 12.3 Å². The summed E-state index contributed by atoms with van der Waals surface area (Å²) < 4.78 is 0. The largest absolute Gasteiger partial charge is 0.340 e. The molecule has 0 saturated heterocycles. The minimum atomic E-state index is -0.181. The maximum Gasteiger partial charge on any atom is 0.279 e. The molecule has 0 aliphatic heterocycles. The molecule has 2 amide bonds. The highest BCUT2D eigenvalue weighted by Crippen LogP contribution is 2.12. The summed E-state index contributed by atoms with van der Waals surface area (Å²) >= 11 is 5.76. The van der Waals surface area contributed by atoms with Crippen molar-refractivity contribution >= 4 is 29.1 Å². The first-order valence-corrected chi connectivity index (χ1v) is 6.46. The number of anilines is 1. The Morgan fingerprint density at radius 1 is 1.25 bits per heavy atom. The van der Waals surface area contributed by atoms with E-state index in [0.29, 0.717) is 10.7 Å². The number of nitrogens with one attached hydrogen (secondary N) is 3. The Hall–Kier alpha value is -2.03. The molecule has 0 bridgehead atoms. The molecule has 0 radical (unpaired) electrons. The summed E-state index contributed by atoms with van der Waals surface area (Å²) in [7, 11) is 1.76. The molecule has 1 rings (SSSR count). The van der Waals surface area contributed by atoms with E-state index in [1.54, 1.807) is 31.3 Å². The van der Waals surface area contributed by atoms with Crippen molar-refractivity contribution in [2.24, 2.45) is 0 Å². The molecule has 3 N–H and O–H groups in total. The smallest absolute Gasteiger partial charge is 0.279 e. The van der Waals surface area contributed by atoms with Gasteiger partial charge in [0.15, 0.2) is 13.1 Å². The van der Waals surface area contributed by atoms with E-state index in [-0.39, 0.29) is 31.4 Å². The van der Waals surface area contributed by atoms with Crippen molar-refractivity contribution in [3.8, 4) is 12.3 Å². The highest BCUT2D eigenvalue weighted by Gasteiger charge is 2.13. The zero-order valence-corrected chi connectivity index (χ0v) is 12.0. The van der Waals surface area contributed by atoms with Gasteiger partial charge in [-0.05, 0) is 24.3 Å². The lowest BCUT2D eigenvalue weighted by atomic mass is 10.3. The number of carbonyl (C=O) groups is 2. The number of halogens is 1. The number of likely N-dealkylation sites (N-methyl/N-ethyl adjacent to an activating group) is 1. The molecular formula is C14H17ClN3O2+. The van der Waals surface area contributed by atoms with Crippen LogP contribution in [0.3, 0.4) is 0 Å². The van der Waals surface area contributed by atoms with Gasteiger partial charge in [-0.2, -0.15) is 0 Å². The molecular weight excluding hydrogens is 278 g/mol. The van der Waals surface area contributed by atoms with Crippen molar-refractivity contribution in [1.29, 1.82) is 0 Å². The van der Waals surface area contributed by atoms with Crippen molar-refractivity contribution in [2.75, 3.05) is 32.0 Å². The van der Waals surface area contributed by atoms with Crippen molar-refractivity contribution in [3.63, 3.8) is 0 Å². The van der Waals surface area contributed by atoms with Crippen LogP contribution >= 0.6 is 11.6 Å². The predicted octanol–water partition coefficient (Wildman–Crippen LogP) is -0.457. The quantitative estimate of drug-likeness (QED) is 0.622. The minimum Gasteiger partial charge on any atom is -0.340 e. The lowest BCUT2D eigenvalue weighted by molar-refractivity contribution is -0.862. The first-order valence-electron chi connectivity index (χ1n) is 6.08. The monoisotopic (exact) mass is 294 g/mol. The first-order chi connectivity index (χ1) is 9.51. The lowest BCUT2D eigenvalue weighted by Gasteiger charge is -2.13. The number of rotatable bonds is 6. The van der Waals surface area contributed by atoms with Crippen LogP contribution in [0.2, 0.25) is 5.02 Å². The fourth-order valence-electron chi connectivity index (χ4n) is 1.56. The molecule has 0 fully saturated rings. The zero-order valence-electron chi connectivity index (χ0n) is 11.2. The molecule has 0 spiro atoms. The van der Waals surface area contributed by atoms with Crippen molar-refractivity contribution in [3.05, 3.63) is 29.3 Å². The van der Waals surface area contributed by atoms with Gasteiger partial charge in [0.25, 0.3) is 11.8 Å². The lowest BCUT2D eigenvalue weighted by Crippen LogP contribution is -3.11. The van der Waals surface area contributed by atoms with Crippen LogP contribution in [0.25, 0.3) is 0 Å². The van der Waals surface area contributed by atoms with Gasteiger partial charge in [-0.15, -0.1) is 6.42 Å². The van der Waals surface area contributed by atoms with Crippen molar-refractivity contribution in [1.82, 2.24) is 5.32 Å². The number of benzene rings is 1. The number of amides is 2. The average molecular weight is 295 g/mol. The number of terminal acetylenes is 1. The van der Waals surface area contributed by atoms with E-state index in [1.807, 2.05) is 0 Å². The van der Waals surface area contributed by atoms with Crippen molar-refractivity contribution in [2.45, 2.75) is 0 Å². The van der Waals surface area contributed by atoms with Crippen LogP contribution in [0.4, 0.5) is 5.69 Å². The van der Waals surface area contributed by atoms with Crippen LogP contribution < -0.4 is 15.5 Å². The Labute approximate surface area is 123 Å². The molecule has 1 aromatic rings. The second-order valence-electron chi connectivity index (χ2n) is 4.35. The Morgan fingerprint density at radius 3 is 2.45 bits per heavy atom. The number of carbonyl (C=O) groups excluding carboxylic acids is 2. The van der Waals surface area contributed by atoms with Gasteiger partial charge in [-0.25, -0.2) is 0 Å². The van der Waals surface area contributed by atoms with Crippen LogP contribution in [0.5, 0.6) is 0 Å². The standard InChI is InChI=1S/C14H16ClN3O2/c1-3-8-16-13(19)9-18(2)10-14(20)17-12-6-4-11(15)5-7-12/h1,4-7H,8-10H2,2H3,(H,16,19)(H,17,20)/p+1. The summed E-state index contributed by atoms with van der Waals surface area (Å²) in [5, 5.41) is 5.89. The number of quaternary nitrogens is 1. The molecule has 0 saturated carbocycles. The maximum atomic E-state index is 11.8. The van der Waals surface area contributed by atoms with E-state index < -0.39 is 0 Å². The van der Waals surface area contributed by atoms with E-state index in [1.165, 1.54) is 0 Å². The van der Waals surface area contributed by atoms with Crippen LogP contribution in [-0.4, -0.2) is 38.5 Å². The highest BCUT2D eigenvalue weighted by molar-refractivity contribution is 6.30. The summed E-state index contributed by atoms with van der Waals surface area (Å²) in [5.41, 5.74) is 0.670. The Bertz CT molecular complexity index is 508. The van der Waals surface area contributed by atoms with Crippen molar-refractivity contribution < 1.29 is 14.5 Å². The van der Waals surface area contributed by atoms with E-state index in [2.05, 4.69) is 16.6 Å². The van der Waals surface area contributed by atoms with E-state index >= 15 is 0 Å². The fourth-order valence-corrected chi connectivity index (χ4v) is 1.69. The average Bonchev–Trinajstić information content (AvgIpc) is 2.38. The second kappa shape index (κ2) is 8.20. The molecule has 20 heavy (non-hydrogen) atoms. The molecule has 0 aromatic heterocycles. The summed E-state index contributed by atoms with van der Waals surface area (Å²) in [6.45, 7) is 0.574. The van der Waals surface area contributed by atoms with Gasteiger partial charge in [0, 0.05) is 10.7 Å². The van der Waals surface area contributed by atoms with E-state index in [9.17, 15) is 9.59 Å². The van der Waals surface area contributed by atoms with E-state index in [4.69, 9.17) is 18.0 Å². The summed E-state index contributed by atoms with van der Waals surface area (Å²) in [6, 6.07) is 6.83. The molecule has 5 nitrogen and oxygen atoms in total. The van der Waals surface area contributed by atoms with E-state index in [0.717, 1.165) is 4.90 Å². The topological polar surface area (TPSA) is 62.6 Å². The molecule has 0 aliphatic rings. The number of hydrogen-bond acceptors (Lipinski definition) is 2. The Kier molecular flexibility index (Phi) is 6.57. The van der Waals surface area contributed by atoms with Crippen LogP contribution in [0.15, 0.2) is 24.3 Å². The Morgan fingerprint density at radius 2 is 1.85 bits per heavy atom. The van der Waals surface area contributed by atoms with Gasteiger partial charge in [0.05, 0.1) is 13.6 Å². The first kappa shape index (κ1) is 16.0. The minimum absolute atomic E-state index is 0.172. The van der Waals surface area contributed by atoms with Gasteiger partial charge in [0.1, 0.15) is 0 Å².